The third kappa shape index (κ3) is 3.40. The van der Waals surface area contributed by atoms with Gasteiger partial charge in [0.2, 0.25) is 0 Å². The van der Waals surface area contributed by atoms with Gasteiger partial charge in [0, 0.05) is 5.56 Å². The van der Waals surface area contributed by atoms with Gasteiger partial charge in [0.15, 0.2) is 0 Å². The molecule has 0 saturated heterocycles. The molecule has 1 aliphatic heterocycles. The molecule has 0 unspecified atom stereocenters. The van der Waals surface area contributed by atoms with E-state index in [4.69, 9.17) is 45.4 Å². The molecule has 0 saturated carbocycles. The minimum absolute atomic E-state index is 0.0371. The van der Waals surface area contributed by atoms with E-state index in [-0.39, 0.29) is 31.2 Å². The number of nitrogens with two attached hydrogens (primary N) is 1. The molecule has 2 heterocycles. The first kappa shape index (κ1) is 20.3. The molecule has 1 atom stereocenters. The Morgan fingerprint density at radius 2 is 1.85 bits per heavy atom. The van der Waals surface area contributed by atoms with Crippen LogP contribution in [0.15, 0.2) is 23.4 Å². The van der Waals surface area contributed by atoms with Gasteiger partial charge < -0.3 is 10.6 Å². The summed E-state index contributed by atoms with van der Waals surface area (Å²) in [7, 11) is 0. The monoisotopic (exact) mass is 456 g/mol. The average Bonchev–Trinajstić information content (AvgIpc) is 3.16. The number of hydrogen-bond acceptors (Lipinski definition) is 4. The smallest absolute Gasteiger partial charge is 0.374 e. The predicted molar refractivity (Wildman–Crippen MR) is 99.0 cm³/mol. The van der Waals surface area contributed by atoms with Gasteiger partial charge in [-0.1, -0.05) is 40.0 Å². The Bertz CT molecular complexity index is 951. The van der Waals surface area contributed by atoms with Crippen LogP contribution >= 0.6 is 46.1 Å². The highest BCUT2D eigenvalue weighted by Gasteiger charge is 2.62. The van der Waals surface area contributed by atoms with E-state index in [1.54, 1.807) is 13.0 Å². The number of oxime groups is 1. The van der Waals surface area contributed by atoms with E-state index < -0.39 is 24.1 Å². The van der Waals surface area contributed by atoms with Crippen molar-refractivity contribution in [2.24, 2.45) is 10.9 Å². The van der Waals surface area contributed by atoms with Crippen LogP contribution < -0.4 is 5.73 Å². The number of carbonyl (C=O) groups is 1. The standard InChI is InChI=1S/C16H10Cl3F3N2O2S/c1-6-2-11(27-13(6)14(23)25)10-5-15(26-24-10,16(20,21)22)7-3-8(17)12(19)9(18)4-7/h2-4H,5H2,1H3,(H2,23,25)/t15-/m0/s1. The van der Waals surface area contributed by atoms with Gasteiger partial charge in [0.1, 0.15) is 5.71 Å². The number of halogens is 6. The fourth-order valence-corrected chi connectivity index (χ4v) is 4.29. The topological polar surface area (TPSA) is 64.7 Å². The third-order valence-corrected chi connectivity index (χ3v) is 6.56. The summed E-state index contributed by atoms with van der Waals surface area (Å²) in [6.07, 6.45) is -5.44. The van der Waals surface area contributed by atoms with Crippen molar-refractivity contribution in [2.75, 3.05) is 0 Å². The highest BCUT2D eigenvalue weighted by Crippen LogP contribution is 2.51. The third-order valence-electron chi connectivity index (χ3n) is 4.06. The first-order chi connectivity index (χ1) is 12.5. The van der Waals surface area contributed by atoms with Gasteiger partial charge >= 0.3 is 6.18 Å². The van der Waals surface area contributed by atoms with Crippen molar-refractivity contribution in [3.05, 3.63) is 54.1 Å². The predicted octanol–water partition coefficient (Wildman–Crippen LogP) is 5.70. The minimum Gasteiger partial charge on any atom is -0.374 e. The molecule has 0 radical (unpaired) electrons. The molecule has 1 aromatic heterocycles. The van der Waals surface area contributed by atoms with E-state index >= 15 is 0 Å². The van der Waals surface area contributed by atoms with Gasteiger partial charge in [-0.2, -0.15) is 13.2 Å². The number of benzene rings is 1. The normalized spacial score (nSPS) is 19.7. The number of hydrogen-bond donors (Lipinski definition) is 1. The Labute approximate surface area is 170 Å². The van der Waals surface area contributed by atoms with Crippen LogP contribution in [-0.2, 0) is 10.4 Å². The van der Waals surface area contributed by atoms with E-state index in [0.29, 0.717) is 10.4 Å². The van der Waals surface area contributed by atoms with Crippen LogP contribution in [0.3, 0.4) is 0 Å². The molecule has 27 heavy (non-hydrogen) atoms. The van der Waals surface area contributed by atoms with Crippen molar-refractivity contribution in [1.82, 2.24) is 0 Å². The lowest BCUT2D eigenvalue weighted by Gasteiger charge is -2.29. The Balaban J connectivity index is 2.06. The van der Waals surface area contributed by atoms with Crippen molar-refractivity contribution in [2.45, 2.75) is 25.1 Å². The summed E-state index contributed by atoms with van der Waals surface area (Å²) in [6, 6.07) is 3.65. The fourth-order valence-electron chi connectivity index (χ4n) is 2.69. The molecule has 1 aliphatic rings. The first-order valence-corrected chi connectivity index (χ1v) is 9.28. The molecule has 3 rings (SSSR count). The summed E-state index contributed by atoms with van der Waals surface area (Å²) >= 11 is 18.6. The van der Waals surface area contributed by atoms with E-state index in [1.807, 2.05) is 0 Å². The zero-order valence-corrected chi connectivity index (χ0v) is 16.5. The SMILES string of the molecule is Cc1cc(C2=NO[C@@](c3cc(Cl)c(Cl)c(Cl)c3)(C(F)(F)F)C2)sc1C(N)=O. The quantitative estimate of drug-likeness (QED) is 0.601. The minimum atomic E-state index is -4.82. The number of rotatable bonds is 3. The van der Waals surface area contributed by atoms with Crippen molar-refractivity contribution in [1.29, 1.82) is 0 Å². The first-order valence-electron chi connectivity index (χ1n) is 7.33. The second-order valence-corrected chi connectivity index (χ2v) is 8.12. The van der Waals surface area contributed by atoms with Crippen LogP contribution in [0.2, 0.25) is 15.1 Å². The molecule has 11 heteroatoms. The zero-order valence-electron chi connectivity index (χ0n) is 13.5. The molecule has 0 fully saturated rings. The maximum Gasteiger partial charge on any atom is 0.435 e. The summed E-state index contributed by atoms with van der Waals surface area (Å²) in [5, 5.41) is 3.30. The summed E-state index contributed by atoms with van der Waals surface area (Å²) < 4.78 is 41.9. The number of nitrogens with zero attached hydrogens (tertiary/aromatic N) is 1. The Morgan fingerprint density at radius 1 is 1.26 bits per heavy atom. The number of thiophene rings is 1. The van der Waals surface area contributed by atoms with Gasteiger partial charge in [0.25, 0.3) is 11.5 Å². The van der Waals surface area contributed by atoms with Crippen LogP contribution in [0.4, 0.5) is 13.2 Å². The Kier molecular flexibility index (Phi) is 5.14. The molecule has 1 aromatic carbocycles. The molecular weight excluding hydrogens is 448 g/mol. The van der Waals surface area contributed by atoms with Crippen LogP contribution in [0, 0.1) is 6.92 Å². The van der Waals surface area contributed by atoms with E-state index in [1.165, 1.54) is 0 Å². The average molecular weight is 458 g/mol. The number of alkyl halides is 3. The molecule has 2 N–H and O–H groups in total. The zero-order chi connectivity index (χ0) is 20.1. The fraction of sp³-hybridized carbons (Fsp3) is 0.250. The summed E-state index contributed by atoms with van der Waals surface area (Å²) in [4.78, 5) is 16.9. The van der Waals surface area contributed by atoms with Crippen LogP contribution in [-0.4, -0.2) is 17.8 Å². The molecule has 0 spiro atoms. The van der Waals surface area contributed by atoms with E-state index in [9.17, 15) is 18.0 Å². The highest BCUT2D eigenvalue weighted by atomic mass is 35.5. The summed E-state index contributed by atoms with van der Waals surface area (Å²) in [5.74, 6) is -0.665. The van der Waals surface area contributed by atoms with Crippen molar-refractivity contribution in [3.63, 3.8) is 0 Å². The van der Waals surface area contributed by atoms with Crippen molar-refractivity contribution >= 4 is 57.8 Å². The van der Waals surface area contributed by atoms with Gasteiger partial charge in [-0.05, 0) is 30.7 Å². The molecule has 0 aliphatic carbocycles. The van der Waals surface area contributed by atoms with Gasteiger partial charge in [-0.25, -0.2) is 0 Å². The van der Waals surface area contributed by atoms with Gasteiger partial charge in [0.05, 0.1) is 31.2 Å². The Hall–Kier alpha value is -1.48. The molecular formula is C16H10Cl3F3N2O2S. The largest absolute Gasteiger partial charge is 0.435 e. The van der Waals surface area contributed by atoms with Crippen molar-refractivity contribution < 1.29 is 22.8 Å². The maximum absolute atomic E-state index is 14.0. The molecule has 144 valence electrons. The molecule has 2 aromatic rings. The van der Waals surface area contributed by atoms with Crippen LogP contribution in [0.5, 0.6) is 0 Å². The molecule has 4 nitrogen and oxygen atoms in total. The van der Waals surface area contributed by atoms with Crippen LogP contribution in [0.1, 0.15) is 32.1 Å². The Morgan fingerprint density at radius 3 is 2.33 bits per heavy atom. The van der Waals surface area contributed by atoms with E-state index in [0.717, 1.165) is 23.5 Å². The summed E-state index contributed by atoms with van der Waals surface area (Å²) in [5.41, 5.74) is 2.76. The second-order valence-electron chi connectivity index (χ2n) is 5.87. The summed E-state index contributed by atoms with van der Waals surface area (Å²) in [6.45, 7) is 1.63. The van der Waals surface area contributed by atoms with Gasteiger partial charge in [-0.3, -0.25) is 4.79 Å². The number of primary amides is 1. The van der Waals surface area contributed by atoms with E-state index in [2.05, 4.69) is 5.16 Å². The molecule has 1 amide bonds. The number of carbonyl (C=O) groups excluding carboxylic acids is 1. The lowest BCUT2D eigenvalue weighted by molar-refractivity contribution is -0.275. The highest BCUT2D eigenvalue weighted by molar-refractivity contribution is 7.16. The van der Waals surface area contributed by atoms with Crippen molar-refractivity contribution in [3.8, 4) is 0 Å². The maximum atomic E-state index is 14.0. The number of aryl methyl sites for hydroxylation is 1. The number of amides is 1. The lowest BCUT2D eigenvalue weighted by atomic mass is 9.88. The lowest BCUT2D eigenvalue weighted by Crippen LogP contribution is -2.42. The van der Waals surface area contributed by atoms with Gasteiger partial charge in [-0.15, -0.1) is 11.3 Å². The molecule has 0 bridgehead atoms. The van der Waals surface area contributed by atoms with Crippen LogP contribution in [0.25, 0.3) is 0 Å². The second kappa shape index (κ2) is 6.84.